The van der Waals surface area contributed by atoms with E-state index in [1.807, 2.05) is 44.2 Å². The van der Waals surface area contributed by atoms with Crippen LogP contribution in [-0.2, 0) is 21.0 Å². The van der Waals surface area contributed by atoms with Gasteiger partial charge in [-0.3, -0.25) is 4.79 Å². The molecule has 0 heterocycles. The number of oxime groups is 1. The van der Waals surface area contributed by atoms with Crippen molar-refractivity contribution in [3.63, 3.8) is 0 Å². The molecular weight excluding hydrogens is 314 g/mol. The average molecular weight is 343 g/mol. The molecule has 0 aliphatic carbocycles. The van der Waals surface area contributed by atoms with Gasteiger partial charge in [-0.15, -0.1) is 0 Å². The standard InChI is InChI=1S/C21H29NO3/c1-5-8-9-13-16-21(7-3,25-18(4)23)20(6-2)22-24-17-19-14-11-10-12-15-19/h10-12,14-15H,5-9,17H2,1-4H3/b22-20+. The minimum Gasteiger partial charge on any atom is -0.440 e. The van der Waals surface area contributed by atoms with Crippen molar-refractivity contribution in [2.75, 3.05) is 0 Å². The normalized spacial score (nSPS) is 13.4. The number of ether oxygens (including phenoxy) is 1. The minimum atomic E-state index is -1.01. The van der Waals surface area contributed by atoms with E-state index in [1.54, 1.807) is 0 Å². The van der Waals surface area contributed by atoms with Gasteiger partial charge >= 0.3 is 5.97 Å². The van der Waals surface area contributed by atoms with Gasteiger partial charge in [-0.2, -0.15) is 0 Å². The SMILES string of the molecule is CCCCC#CC(CC)(OC(C)=O)/C(CC)=N/OCc1ccccc1. The molecule has 1 rings (SSSR count). The molecule has 0 aromatic heterocycles. The predicted octanol–water partition coefficient (Wildman–Crippen LogP) is 4.87. The molecule has 0 amide bonds. The molecule has 1 atom stereocenters. The zero-order valence-electron chi connectivity index (χ0n) is 15.8. The second kappa shape index (κ2) is 11.3. The molecule has 4 nitrogen and oxygen atoms in total. The van der Waals surface area contributed by atoms with Crippen molar-refractivity contribution >= 4 is 11.7 Å². The molecule has 1 aromatic carbocycles. The van der Waals surface area contributed by atoms with Gasteiger partial charge in [0, 0.05) is 19.8 Å². The van der Waals surface area contributed by atoms with Crippen LogP contribution in [0.1, 0.15) is 65.4 Å². The maximum absolute atomic E-state index is 11.6. The largest absolute Gasteiger partial charge is 0.440 e. The van der Waals surface area contributed by atoms with E-state index >= 15 is 0 Å². The van der Waals surface area contributed by atoms with E-state index in [1.165, 1.54) is 6.92 Å². The van der Waals surface area contributed by atoms with Crippen molar-refractivity contribution in [1.82, 2.24) is 0 Å². The van der Waals surface area contributed by atoms with Crippen LogP contribution in [0.15, 0.2) is 35.5 Å². The number of rotatable bonds is 9. The van der Waals surface area contributed by atoms with E-state index in [-0.39, 0.29) is 5.97 Å². The molecular formula is C21H29NO3. The fourth-order valence-corrected chi connectivity index (χ4v) is 2.42. The summed E-state index contributed by atoms with van der Waals surface area (Å²) in [5.74, 6) is 5.92. The Kier molecular flexibility index (Phi) is 9.39. The second-order valence-corrected chi connectivity index (χ2v) is 5.83. The Balaban J connectivity index is 2.98. The minimum absolute atomic E-state index is 0.365. The molecule has 136 valence electrons. The van der Waals surface area contributed by atoms with Gasteiger partial charge in [-0.25, -0.2) is 0 Å². The smallest absolute Gasteiger partial charge is 0.304 e. The number of carbonyl (C=O) groups is 1. The Morgan fingerprint density at radius 1 is 1.20 bits per heavy atom. The number of carbonyl (C=O) groups excluding carboxylic acids is 1. The Hall–Kier alpha value is -2.28. The topological polar surface area (TPSA) is 47.9 Å². The van der Waals surface area contributed by atoms with Crippen molar-refractivity contribution in [3.05, 3.63) is 35.9 Å². The van der Waals surface area contributed by atoms with Gasteiger partial charge in [0.15, 0.2) is 0 Å². The maximum Gasteiger partial charge on any atom is 0.304 e. The lowest BCUT2D eigenvalue weighted by molar-refractivity contribution is -0.147. The molecule has 0 saturated heterocycles. The number of esters is 1. The highest BCUT2D eigenvalue weighted by atomic mass is 16.6. The van der Waals surface area contributed by atoms with Gasteiger partial charge in [0.1, 0.15) is 12.3 Å². The van der Waals surface area contributed by atoms with E-state index < -0.39 is 5.60 Å². The zero-order valence-corrected chi connectivity index (χ0v) is 15.8. The lowest BCUT2D eigenvalue weighted by atomic mass is 9.92. The van der Waals surface area contributed by atoms with Crippen LogP contribution in [0.25, 0.3) is 0 Å². The molecule has 0 bridgehead atoms. The number of nitrogens with zero attached hydrogens (tertiary/aromatic N) is 1. The Morgan fingerprint density at radius 3 is 2.48 bits per heavy atom. The van der Waals surface area contributed by atoms with Crippen LogP contribution in [0.2, 0.25) is 0 Å². The Morgan fingerprint density at radius 2 is 1.92 bits per heavy atom. The molecule has 0 spiro atoms. The van der Waals surface area contributed by atoms with Crippen LogP contribution in [0.5, 0.6) is 0 Å². The molecule has 0 N–H and O–H groups in total. The summed E-state index contributed by atoms with van der Waals surface area (Å²) in [6, 6.07) is 9.82. The zero-order chi connectivity index (χ0) is 18.5. The summed E-state index contributed by atoms with van der Waals surface area (Å²) in [6.07, 6.45) is 4.01. The molecule has 1 aromatic rings. The summed E-state index contributed by atoms with van der Waals surface area (Å²) < 4.78 is 5.60. The summed E-state index contributed by atoms with van der Waals surface area (Å²) in [6.45, 7) is 7.80. The number of hydrogen-bond donors (Lipinski definition) is 0. The van der Waals surface area contributed by atoms with Gasteiger partial charge in [0.05, 0.1) is 0 Å². The van der Waals surface area contributed by atoms with Crippen LogP contribution < -0.4 is 0 Å². The highest BCUT2D eigenvalue weighted by Gasteiger charge is 2.35. The van der Waals surface area contributed by atoms with Crippen molar-refractivity contribution in [3.8, 4) is 11.8 Å². The lowest BCUT2D eigenvalue weighted by Gasteiger charge is -2.27. The van der Waals surface area contributed by atoms with Gasteiger partial charge in [-0.1, -0.05) is 68.6 Å². The second-order valence-electron chi connectivity index (χ2n) is 5.83. The third-order valence-corrected chi connectivity index (χ3v) is 3.81. The highest BCUT2D eigenvalue weighted by molar-refractivity contribution is 5.96. The first-order chi connectivity index (χ1) is 12.1. The van der Waals surface area contributed by atoms with Crippen molar-refractivity contribution in [2.24, 2.45) is 5.16 Å². The first kappa shape index (κ1) is 20.8. The predicted molar refractivity (Wildman–Crippen MR) is 101 cm³/mol. The van der Waals surface area contributed by atoms with E-state index in [0.717, 1.165) is 24.8 Å². The molecule has 0 aliphatic rings. The van der Waals surface area contributed by atoms with Gasteiger partial charge in [0.25, 0.3) is 0 Å². The quantitative estimate of drug-likeness (QED) is 0.211. The molecule has 0 fully saturated rings. The van der Waals surface area contributed by atoms with E-state index in [4.69, 9.17) is 9.57 Å². The van der Waals surface area contributed by atoms with Gasteiger partial charge < -0.3 is 9.57 Å². The third-order valence-electron chi connectivity index (χ3n) is 3.81. The Labute approximate surface area is 151 Å². The van der Waals surface area contributed by atoms with Crippen molar-refractivity contribution in [1.29, 1.82) is 0 Å². The maximum atomic E-state index is 11.6. The summed E-state index contributed by atoms with van der Waals surface area (Å²) in [7, 11) is 0. The van der Waals surface area contributed by atoms with E-state index in [9.17, 15) is 4.79 Å². The summed E-state index contributed by atoms with van der Waals surface area (Å²) >= 11 is 0. The molecule has 0 aliphatic heterocycles. The number of unbranched alkanes of at least 4 members (excludes halogenated alkanes) is 2. The molecule has 0 saturated carbocycles. The first-order valence-corrected chi connectivity index (χ1v) is 9.00. The van der Waals surface area contributed by atoms with Crippen LogP contribution >= 0.6 is 0 Å². The molecule has 4 heteroatoms. The first-order valence-electron chi connectivity index (χ1n) is 9.00. The monoisotopic (exact) mass is 343 g/mol. The van der Waals surface area contributed by atoms with Gasteiger partial charge in [0.2, 0.25) is 5.60 Å². The fraction of sp³-hybridized carbons (Fsp3) is 0.524. The number of benzene rings is 1. The fourth-order valence-electron chi connectivity index (χ4n) is 2.42. The summed E-state index contributed by atoms with van der Waals surface area (Å²) in [5.41, 5.74) is 0.667. The molecule has 0 radical (unpaired) electrons. The highest BCUT2D eigenvalue weighted by Crippen LogP contribution is 2.21. The van der Waals surface area contributed by atoms with E-state index in [0.29, 0.717) is 25.2 Å². The summed E-state index contributed by atoms with van der Waals surface area (Å²) in [5, 5.41) is 4.27. The number of hydrogen-bond acceptors (Lipinski definition) is 4. The molecule has 1 unspecified atom stereocenters. The Bertz CT molecular complexity index is 613. The van der Waals surface area contributed by atoms with Crippen LogP contribution in [0.3, 0.4) is 0 Å². The van der Waals surface area contributed by atoms with Crippen molar-refractivity contribution < 1.29 is 14.4 Å². The third kappa shape index (κ3) is 7.01. The van der Waals surface area contributed by atoms with Crippen LogP contribution in [-0.4, -0.2) is 17.3 Å². The lowest BCUT2D eigenvalue weighted by Crippen LogP contribution is -2.41. The van der Waals surface area contributed by atoms with E-state index in [2.05, 4.69) is 23.9 Å². The summed E-state index contributed by atoms with van der Waals surface area (Å²) in [4.78, 5) is 17.2. The van der Waals surface area contributed by atoms with Crippen molar-refractivity contribution in [2.45, 2.75) is 72.0 Å². The van der Waals surface area contributed by atoms with Crippen LogP contribution in [0.4, 0.5) is 0 Å². The van der Waals surface area contributed by atoms with Crippen LogP contribution in [0, 0.1) is 11.8 Å². The van der Waals surface area contributed by atoms with Gasteiger partial charge in [-0.05, 0) is 24.3 Å². The molecule has 25 heavy (non-hydrogen) atoms. The average Bonchev–Trinajstić information content (AvgIpc) is 2.62.